The van der Waals surface area contributed by atoms with Crippen molar-refractivity contribution in [3.05, 3.63) is 30.1 Å². The highest BCUT2D eigenvalue weighted by Crippen LogP contribution is 2.07. The van der Waals surface area contributed by atoms with Crippen molar-refractivity contribution in [3.8, 4) is 0 Å². The molecule has 3 N–H and O–H groups in total. The summed E-state index contributed by atoms with van der Waals surface area (Å²) in [6.07, 6.45) is 3.33. The molecule has 0 radical (unpaired) electrons. The SMILES string of the molecule is NCC(O)CN1CCN(Cc2cccnc2)CC1. The van der Waals surface area contributed by atoms with Crippen LogP contribution in [0.25, 0.3) is 0 Å². The Morgan fingerprint density at radius 1 is 1.28 bits per heavy atom. The van der Waals surface area contributed by atoms with E-state index in [2.05, 4.69) is 20.9 Å². The van der Waals surface area contributed by atoms with Gasteiger partial charge in [-0.15, -0.1) is 0 Å². The van der Waals surface area contributed by atoms with Crippen molar-refractivity contribution < 1.29 is 5.11 Å². The van der Waals surface area contributed by atoms with E-state index in [1.807, 2.05) is 12.3 Å². The summed E-state index contributed by atoms with van der Waals surface area (Å²) in [6, 6.07) is 4.08. The Balaban J connectivity index is 1.73. The Hall–Kier alpha value is -1.01. The largest absolute Gasteiger partial charge is 0.390 e. The molecule has 1 aliphatic rings. The molecular weight excluding hydrogens is 228 g/mol. The number of aliphatic hydroxyl groups excluding tert-OH is 1. The highest BCUT2D eigenvalue weighted by atomic mass is 16.3. The van der Waals surface area contributed by atoms with E-state index in [1.54, 1.807) is 6.20 Å². The highest BCUT2D eigenvalue weighted by Gasteiger charge is 2.18. The lowest BCUT2D eigenvalue weighted by atomic mass is 10.2. The van der Waals surface area contributed by atoms with Gasteiger partial charge in [0.25, 0.3) is 0 Å². The number of aliphatic hydroxyl groups is 1. The number of hydrogen-bond donors (Lipinski definition) is 2. The monoisotopic (exact) mass is 250 g/mol. The lowest BCUT2D eigenvalue weighted by molar-refractivity contribution is 0.0739. The van der Waals surface area contributed by atoms with E-state index in [0.717, 1.165) is 32.7 Å². The maximum Gasteiger partial charge on any atom is 0.0789 e. The third-order valence-corrected chi connectivity index (χ3v) is 3.33. The van der Waals surface area contributed by atoms with Crippen LogP contribution in [0.3, 0.4) is 0 Å². The molecule has 0 aliphatic carbocycles. The third kappa shape index (κ3) is 4.03. The second-order valence-corrected chi connectivity index (χ2v) is 4.83. The van der Waals surface area contributed by atoms with Gasteiger partial charge in [-0.05, 0) is 11.6 Å². The molecule has 5 nitrogen and oxygen atoms in total. The Morgan fingerprint density at radius 3 is 2.61 bits per heavy atom. The standard InChI is InChI=1S/C13H22N4O/c14-8-13(18)11-17-6-4-16(5-7-17)10-12-2-1-3-15-9-12/h1-3,9,13,18H,4-8,10-11,14H2. The normalized spacial score (nSPS) is 19.9. The predicted molar refractivity (Wildman–Crippen MR) is 71.0 cm³/mol. The number of nitrogens with two attached hydrogens (primary N) is 1. The maximum atomic E-state index is 9.52. The van der Waals surface area contributed by atoms with Gasteiger partial charge in [0.2, 0.25) is 0 Å². The first kappa shape index (κ1) is 13.4. The van der Waals surface area contributed by atoms with Gasteiger partial charge in [0.1, 0.15) is 0 Å². The zero-order valence-electron chi connectivity index (χ0n) is 10.7. The first-order chi connectivity index (χ1) is 8.78. The molecule has 1 aliphatic heterocycles. The molecule has 100 valence electrons. The molecule has 18 heavy (non-hydrogen) atoms. The van der Waals surface area contributed by atoms with Crippen molar-refractivity contribution >= 4 is 0 Å². The van der Waals surface area contributed by atoms with Crippen LogP contribution >= 0.6 is 0 Å². The van der Waals surface area contributed by atoms with Crippen LogP contribution < -0.4 is 5.73 Å². The van der Waals surface area contributed by atoms with Crippen molar-refractivity contribution in [3.63, 3.8) is 0 Å². The van der Waals surface area contributed by atoms with Crippen LogP contribution in [0.2, 0.25) is 0 Å². The number of piperazine rings is 1. The fourth-order valence-corrected chi connectivity index (χ4v) is 2.25. The summed E-state index contributed by atoms with van der Waals surface area (Å²) in [5.74, 6) is 0. The van der Waals surface area contributed by atoms with Crippen LogP contribution in [0.4, 0.5) is 0 Å². The smallest absolute Gasteiger partial charge is 0.0789 e. The lowest BCUT2D eigenvalue weighted by Gasteiger charge is -2.35. The zero-order chi connectivity index (χ0) is 12.8. The third-order valence-electron chi connectivity index (χ3n) is 3.33. The minimum Gasteiger partial charge on any atom is -0.390 e. The van der Waals surface area contributed by atoms with Crippen molar-refractivity contribution in [1.82, 2.24) is 14.8 Å². The molecule has 1 atom stereocenters. The average molecular weight is 250 g/mol. The molecule has 1 fully saturated rings. The summed E-state index contributed by atoms with van der Waals surface area (Å²) < 4.78 is 0. The van der Waals surface area contributed by atoms with Crippen molar-refractivity contribution in [2.45, 2.75) is 12.6 Å². The van der Waals surface area contributed by atoms with Gasteiger partial charge in [0.15, 0.2) is 0 Å². The van der Waals surface area contributed by atoms with E-state index in [1.165, 1.54) is 5.56 Å². The summed E-state index contributed by atoms with van der Waals surface area (Å²) in [4.78, 5) is 8.83. The van der Waals surface area contributed by atoms with Gasteiger partial charge < -0.3 is 10.8 Å². The summed E-state index contributed by atoms with van der Waals surface area (Å²) in [6.45, 7) is 6.06. The zero-order valence-corrected chi connectivity index (χ0v) is 10.7. The first-order valence-electron chi connectivity index (χ1n) is 6.49. The van der Waals surface area contributed by atoms with E-state index in [4.69, 9.17) is 5.73 Å². The summed E-state index contributed by atoms with van der Waals surface area (Å²) in [5.41, 5.74) is 6.68. The molecule has 0 saturated carbocycles. The van der Waals surface area contributed by atoms with E-state index in [-0.39, 0.29) is 0 Å². The topological polar surface area (TPSA) is 65.6 Å². The van der Waals surface area contributed by atoms with Gasteiger partial charge in [-0.1, -0.05) is 6.07 Å². The molecule has 5 heteroatoms. The summed E-state index contributed by atoms with van der Waals surface area (Å²) in [7, 11) is 0. The Bertz CT molecular complexity index is 338. The number of hydrogen-bond acceptors (Lipinski definition) is 5. The van der Waals surface area contributed by atoms with E-state index in [9.17, 15) is 5.11 Å². The molecule has 2 rings (SSSR count). The van der Waals surface area contributed by atoms with Crippen LogP contribution in [0, 0.1) is 0 Å². The van der Waals surface area contributed by atoms with E-state index >= 15 is 0 Å². The molecule has 0 aromatic carbocycles. The van der Waals surface area contributed by atoms with Crippen LogP contribution in [0.15, 0.2) is 24.5 Å². The number of β-amino-alcohol motifs (C(OH)–C–C–N with tert-alkyl or cyclic N) is 1. The number of rotatable bonds is 5. The van der Waals surface area contributed by atoms with Gasteiger partial charge in [-0.2, -0.15) is 0 Å². The van der Waals surface area contributed by atoms with Crippen molar-refractivity contribution in [2.75, 3.05) is 39.3 Å². The predicted octanol–water partition coefficient (Wildman–Crippen LogP) is -0.481. The lowest BCUT2D eigenvalue weighted by Crippen LogP contribution is -2.49. The fourth-order valence-electron chi connectivity index (χ4n) is 2.25. The minimum absolute atomic E-state index is 0.343. The van der Waals surface area contributed by atoms with Crippen LogP contribution in [0.1, 0.15) is 5.56 Å². The van der Waals surface area contributed by atoms with Gasteiger partial charge in [-0.25, -0.2) is 0 Å². The van der Waals surface area contributed by atoms with E-state index < -0.39 is 6.10 Å². The van der Waals surface area contributed by atoms with Crippen LogP contribution in [-0.4, -0.2) is 65.3 Å². The molecule has 0 amide bonds. The molecule has 1 unspecified atom stereocenters. The van der Waals surface area contributed by atoms with Crippen molar-refractivity contribution in [1.29, 1.82) is 0 Å². The molecule has 2 heterocycles. The average Bonchev–Trinajstić information content (AvgIpc) is 2.42. The Labute approximate surface area is 108 Å². The number of pyridine rings is 1. The second kappa shape index (κ2) is 6.80. The molecule has 1 aromatic heterocycles. The molecular formula is C13H22N4O. The van der Waals surface area contributed by atoms with Gasteiger partial charge in [0.05, 0.1) is 6.10 Å². The summed E-state index contributed by atoms with van der Waals surface area (Å²) >= 11 is 0. The highest BCUT2D eigenvalue weighted by molar-refractivity contribution is 5.08. The molecule has 0 bridgehead atoms. The number of aromatic nitrogens is 1. The molecule has 1 aromatic rings. The van der Waals surface area contributed by atoms with Crippen LogP contribution in [-0.2, 0) is 6.54 Å². The van der Waals surface area contributed by atoms with Gasteiger partial charge >= 0.3 is 0 Å². The summed E-state index contributed by atoms with van der Waals surface area (Å²) in [5, 5.41) is 9.52. The van der Waals surface area contributed by atoms with Gasteiger partial charge in [0, 0.05) is 58.2 Å². The Kier molecular flexibility index (Phi) is 5.07. The second-order valence-electron chi connectivity index (χ2n) is 4.83. The van der Waals surface area contributed by atoms with Crippen LogP contribution in [0.5, 0.6) is 0 Å². The Morgan fingerprint density at radius 2 is 2.00 bits per heavy atom. The molecule has 1 saturated heterocycles. The maximum absolute atomic E-state index is 9.52. The molecule has 0 spiro atoms. The van der Waals surface area contributed by atoms with Gasteiger partial charge in [-0.3, -0.25) is 14.8 Å². The fraction of sp³-hybridized carbons (Fsp3) is 0.615. The number of nitrogens with zero attached hydrogens (tertiary/aromatic N) is 3. The van der Waals surface area contributed by atoms with Crippen molar-refractivity contribution in [2.24, 2.45) is 5.73 Å². The quantitative estimate of drug-likeness (QED) is 0.739. The first-order valence-corrected chi connectivity index (χ1v) is 6.49. The minimum atomic E-state index is -0.394. The van der Waals surface area contributed by atoms with E-state index in [0.29, 0.717) is 13.1 Å².